The van der Waals surface area contributed by atoms with Gasteiger partial charge in [-0.05, 0) is 37.6 Å². The van der Waals surface area contributed by atoms with Gasteiger partial charge in [-0.3, -0.25) is 4.79 Å². The van der Waals surface area contributed by atoms with Crippen LogP contribution in [0.3, 0.4) is 0 Å². The number of nitrogens with two attached hydrogens (primary N) is 1. The van der Waals surface area contributed by atoms with E-state index in [0.717, 1.165) is 12.0 Å². The summed E-state index contributed by atoms with van der Waals surface area (Å²) in [6.07, 6.45) is 0.835. The zero-order chi connectivity index (χ0) is 12.7. The van der Waals surface area contributed by atoms with Gasteiger partial charge in [-0.1, -0.05) is 12.1 Å². The van der Waals surface area contributed by atoms with Crippen LogP contribution in [0, 0.1) is 0 Å². The van der Waals surface area contributed by atoms with Crippen molar-refractivity contribution in [2.45, 2.75) is 19.4 Å². The minimum atomic E-state index is -0.0751. The molecule has 0 fully saturated rings. The molecule has 0 radical (unpaired) electrons. The lowest BCUT2D eigenvalue weighted by molar-refractivity contribution is 0.0905. The monoisotopic (exact) mass is 236 g/mol. The fraction of sp³-hybridized carbons (Fsp3) is 0.462. The van der Waals surface area contributed by atoms with Crippen LogP contribution in [0.4, 0.5) is 0 Å². The lowest BCUT2D eigenvalue weighted by Gasteiger charge is -2.12. The lowest BCUT2D eigenvalue weighted by Crippen LogP contribution is -2.35. The molecule has 1 rings (SSSR count). The molecule has 0 aliphatic rings. The van der Waals surface area contributed by atoms with Crippen LogP contribution in [-0.2, 0) is 11.2 Å². The number of nitrogens with one attached hydrogen (secondary N) is 1. The van der Waals surface area contributed by atoms with E-state index in [4.69, 9.17) is 10.5 Å². The van der Waals surface area contributed by atoms with E-state index in [1.165, 1.54) is 0 Å². The molecule has 1 amide bonds. The van der Waals surface area contributed by atoms with Gasteiger partial charge in [0.25, 0.3) is 5.91 Å². The van der Waals surface area contributed by atoms with Crippen LogP contribution in [0.2, 0.25) is 0 Å². The number of carbonyl (C=O) groups is 1. The van der Waals surface area contributed by atoms with Gasteiger partial charge >= 0.3 is 0 Å². The van der Waals surface area contributed by atoms with Crippen LogP contribution in [0.5, 0.6) is 0 Å². The molecule has 0 spiro atoms. The van der Waals surface area contributed by atoms with E-state index in [2.05, 4.69) is 5.32 Å². The third-order valence-corrected chi connectivity index (χ3v) is 2.44. The van der Waals surface area contributed by atoms with Crippen LogP contribution < -0.4 is 11.1 Å². The van der Waals surface area contributed by atoms with Crippen LogP contribution in [0.15, 0.2) is 24.3 Å². The number of methoxy groups -OCH3 is 1. The Balaban J connectivity index is 2.57. The van der Waals surface area contributed by atoms with Crippen molar-refractivity contribution in [2.24, 2.45) is 5.73 Å². The van der Waals surface area contributed by atoms with E-state index in [0.29, 0.717) is 18.7 Å². The van der Waals surface area contributed by atoms with E-state index >= 15 is 0 Å². The highest BCUT2D eigenvalue weighted by molar-refractivity contribution is 5.94. The van der Waals surface area contributed by atoms with Gasteiger partial charge in [-0.15, -0.1) is 0 Å². The fourth-order valence-electron chi connectivity index (χ4n) is 1.59. The first-order chi connectivity index (χ1) is 8.17. The molecule has 0 saturated heterocycles. The fourth-order valence-corrected chi connectivity index (χ4v) is 1.59. The van der Waals surface area contributed by atoms with Crippen LogP contribution in [-0.4, -0.2) is 32.2 Å². The summed E-state index contributed by atoms with van der Waals surface area (Å²) in [4.78, 5) is 11.8. The topological polar surface area (TPSA) is 64.3 Å². The van der Waals surface area contributed by atoms with Crippen molar-refractivity contribution < 1.29 is 9.53 Å². The molecule has 0 bridgehead atoms. The molecule has 0 aromatic heterocycles. The van der Waals surface area contributed by atoms with Crippen LogP contribution >= 0.6 is 0 Å². The van der Waals surface area contributed by atoms with E-state index in [9.17, 15) is 4.79 Å². The van der Waals surface area contributed by atoms with Crippen molar-refractivity contribution in [3.05, 3.63) is 35.4 Å². The molecule has 4 nitrogen and oxygen atoms in total. The zero-order valence-electron chi connectivity index (χ0n) is 10.4. The molecular formula is C13H20N2O2. The minimum Gasteiger partial charge on any atom is -0.383 e. The summed E-state index contributed by atoms with van der Waals surface area (Å²) in [5.74, 6) is -0.0751. The van der Waals surface area contributed by atoms with Crippen molar-refractivity contribution in [3.8, 4) is 0 Å². The average molecular weight is 236 g/mol. The molecule has 3 N–H and O–H groups in total. The third kappa shape index (κ3) is 4.54. The summed E-state index contributed by atoms with van der Waals surface area (Å²) in [7, 11) is 1.62. The Kier molecular flexibility index (Phi) is 5.66. The first-order valence-corrected chi connectivity index (χ1v) is 5.76. The maximum atomic E-state index is 11.8. The summed E-state index contributed by atoms with van der Waals surface area (Å²) in [6, 6.07) is 7.52. The van der Waals surface area contributed by atoms with Crippen molar-refractivity contribution in [3.63, 3.8) is 0 Å². The molecule has 94 valence electrons. The Morgan fingerprint density at radius 2 is 2.06 bits per heavy atom. The van der Waals surface area contributed by atoms with Gasteiger partial charge < -0.3 is 15.8 Å². The zero-order valence-corrected chi connectivity index (χ0v) is 10.4. The minimum absolute atomic E-state index is 0.0104. The van der Waals surface area contributed by atoms with Crippen LogP contribution in [0.1, 0.15) is 22.8 Å². The molecule has 0 aliphatic carbocycles. The number of hydrogen-bond donors (Lipinski definition) is 2. The Morgan fingerprint density at radius 1 is 1.41 bits per heavy atom. The largest absolute Gasteiger partial charge is 0.383 e. The Morgan fingerprint density at radius 3 is 2.59 bits per heavy atom. The highest BCUT2D eigenvalue weighted by Crippen LogP contribution is 2.05. The van der Waals surface area contributed by atoms with Gasteiger partial charge in [0, 0.05) is 18.7 Å². The molecular weight excluding hydrogens is 216 g/mol. The highest BCUT2D eigenvalue weighted by atomic mass is 16.5. The Hall–Kier alpha value is -1.39. The number of ether oxygens (including phenoxy) is 1. The molecule has 1 aromatic rings. The maximum absolute atomic E-state index is 11.8. The first-order valence-electron chi connectivity index (χ1n) is 5.76. The van der Waals surface area contributed by atoms with E-state index < -0.39 is 0 Å². The number of carbonyl (C=O) groups excluding carboxylic acids is 1. The SMILES string of the molecule is COCC(C)NC(=O)c1ccc(CCN)cc1. The third-order valence-electron chi connectivity index (χ3n) is 2.44. The second kappa shape index (κ2) is 7.04. The van der Waals surface area contributed by atoms with Crippen molar-refractivity contribution in [2.75, 3.05) is 20.3 Å². The van der Waals surface area contributed by atoms with Crippen molar-refractivity contribution >= 4 is 5.91 Å². The molecule has 17 heavy (non-hydrogen) atoms. The summed E-state index contributed by atoms with van der Waals surface area (Å²) in [5.41, 5.74) is 7.27. The van der Waals surface area contributed by atoms with Gasteiger partial charge in [0.15, 0.2) is 0 Å². The number of rotatable bonds is 6. The lowest BCUT2D eigenvalue weighted by atomic mass is 10.1. The molecule has 0 saturated carbocycles. The van der Waals surface area contributed by atoms with E-state index in [1.54, 1.807) is 7.11 Å². The number of amides is 1. The normalized spacial score (nSPS) is 12.2. The van der Waals surface area contributed by atoms with Gasteiger partial charge in [0.1, 0.15) is 0 Å². The molecule has 1 atom stereocenters. The molecule has 0 aliphatic heterocycles. The van der Waals surface area contributed by atoms with Gasteiger partial charge in [0.05, 0.1) is 6.61 Å². The van der Waals surface area contributed by atoms with Gasteiger partial charge in [0.2, 0.25) is 0 Å². The van der Waals surface area contributed by atoms with Crippen molar-refractivity contribution in [1.29, 1.82) is 0 Å². The summed E-state index contributed by atoms with van der Waals surface area (Å²) in [6.45, 7) is 3.04. The quantitative estimate of drug-likeness (QED) is 0.773. The second-order valence-electron chi connectivity index (χ2n) is 4.07. The molecule has 4 heteroatoms. The summed E-state index contributed by atoms with van der Waals surface area (Å²) in [5, 5.41) is 2.86. The average Bonchev–Trinajstić information content (AvgIpc) is 2.30. The maximum Gasteiger partial charge on any atom is 0.251 e. The molecule has 1 aromatic carbocycles. The number of hydrogen-bond acceptors (Lipinski definition) is 3. The first kappa shape index (κ1) is 13.7. The summed E-state index contributed by atoms with van der Waals surface area (Å²) < 4.78 is 4.96. The Labute approximate surface area is 102 Å². The number of benzene rings is 1. The van der Waals surface area contributed by atoms with Crippen LogP contribution in [0.25, 0.3) is 0 Å². The molecule has 0 heterocycles. The summed E-state index contributed by atoms with van der Waals surface area (Å²) >= 11 is 0. The van der Waals surface area contributed by atoms with E-state index in [-0.39, 0.29) is 11.9 Å². The highest BCUT2D eigenvalue weighted by Gasteiger charge is 2.08. The van der Waals surface area contributed by atoms with Gasteiger partial charge in [-0.25, -0.2) is 0 Å². The Bertz CT molecular complexity index is 349. The van der Waals surface area contributed by atoms with E-state index in [1.807, 2.05) is 31.2 Å². The predicted molar refractivity (Wildman–Crippen MR) is 68.0 cm³/mol. The predicted octanol–water partition coefficient (Wildman–Crippen LogP) is 0.953. The molecule has 1 unspecified atom stereocenters. The standard InChI is InChI=1S/C13H20N2O2/c1-10(9-17-2)15-13(16)12-5-3-11(4-6-12)7-8-14/h3-6,10H,7-9,14H2,1-2H3,(H,15,16). The van der Waals surface area contributed by atoms with Crippen molar-refractivity contribution in [1.82, 2.24) is 5.32 Å². The van der Waals surface area contributed by atoms with Gasteiger partial charge in [-0.2, -0.15) is 0 Å². The smallest absolute Gasteiger partial charge is 0.251 e. The second-order valence-corrected chi connectivity index (χ2v) is 4.07.